The molecule has 1 atom stereocenters. The summed E-state index contributed by atoms with van der Waals surface area (Å²) in [5, 5.41) is 0.421. The summed E-state index contributed by atoms with van der Waals surface area (Å²) in [4.78, 5) is 17.4. The van der Waals surface area contributed by atoms with E-state index in [1.54, 1.807) is 23.1 Å². The lowest BCUT2D eigenvalue weighted by atomic mass is 10.1. The van der Waals surface area contributed by atoms with E-state index in [4.69, 9.17) is 4.42 Å². The number of aromatic amines is 1. The molecular weight excluding hydrogens is 340 g/mol. The third kappa shape index (κ3) is 3.07. The lowest BCUT2D eigenvalue weighted by Crippen LogP contribution is -2.32. The molecule has 1 fully saturated rings. The molecule has 3 aromatic rings. The number of nitrogens with zero attached hydrogens (tertiary/aromatic N) is 1. The molecule has 1 aromatic carbocycles. The van der Waals surface area contributed by atoms with Crippen molar-refractivity contribution in [3.8, 4) is 0 Å². The van der Waals surface area contributed by atoms with Crippen LogP contribution in [0.4, 0.5) is 0 Å². The minimum atomic E-state index is -3.35. The summed E-state index contributed by atoms with van der Waals surface area (Å²) in [6.45, 7) is 0.680. The minimum absolute atomic E-state index is 0.123. The van der Waals surface area contributed by atoms with E-state index >= 15 is 0 Å². The van der Waals surface area contributed by atoms with E-state index < -0.39 is 15.1 Å². The second-order valence-electron chi connectivity index (χ2n) is 6.33. The highest BCUT2D eigenvalue weighted by atomic mass is 32.2. The molecule has 25 heavy (non-hydrogen) atoms. The Morgan fingerprint density at radius 2 is 2.16 bits per heavy atom. The van der Waals surface area contributed by atoms with Crippen LogP contribution in [0.25, 0.3) is 10.9 Å². The fourth-order valence-electron chi connectivity index (χ4n) is 3.29. The van der Waals surface area contributed by atoms with Gasteiger partial charge in [-0.25, -0.2) is 8.42 Å². The lowest BCUT2D eigenvalue weighted by molar-refractivity contribution is 0.0793. The van der Waals surface area contributed by atoms with Crippen molar-refractivity contribution in [2.45, 2.75) is 17.4 Å². The van der Waals surface area contributed by atoms with Crippen molar-refractivity contribution in [1.82, 2.24) is 9.88 Å². The SMILES string of the molecule is O=C(c1ccc2[nH]ccc2c1)N1CC[C@H](S(=O)(=O)Cc2ccco2)C1. The normalized spacial score (nSPS) is 18.1. The summed E-state index contributed by atoms with van der Waals surface area (Å²) < 4.78 is 30.2. The molecule has 0 saturated carbocycles. The number of nitrogens with one attached hydrogen (secondary N) is 1. The van der Waals surface area contributed by atoms with Gasteiger partial charge < -0.3 is 14.3 Å². The molecule has 1 N–H and O–H groups in total. The summed E-state index contributed by atoms with van der Waals surface area (Å²) >= 11 is 0. The number of likely N-dealkylation sites (tertiary alicyclic amines) is 1. The Bertz CT molecular complexity index is 1000. The zero-order valence-corrected chi connectivity index (χ0v) is 14.3. The van der Waals surface area contributed by atoms with Gasteiger partial charge in [-0.2, -0.15) is 0 Å². The predicted molar refractivity (Wildman–Crippen MR) is 93.9 cm³/mol. The van der Waals surface area contributed by atoms with Gasteiger partial charge in [0.1, 0.15) is 11.5 Å². The minimum Gasteiger partial charge on any atom is -0.468 e. The quantitative estimate of drug-likeness (QED) is 0.777. The predicted octanol–water partition coefficient (Wildman–Crippen LogP) is 2.59. The zero-order valence-electron chi connectivity index (χ0n) is 13.5. The van der Waals surface area contributed by atoms with Crippen LogP contribution in [0.3, 0.4) is 0 Å². The molecule has 0 radical (unpaired) electrons. The van der Waals surface area contributed by atoms with Gasteiger partial charge >= 0.3 is 0 Å². The van der Waals surface area contributed by atoms with Gasteiger partial charge in [0.05, 0.1) is 11.5 Å². The van der Waals surface area contributed by atoms with Crippen molar-refractivity contribution >= 4 is 26.6 Å². The number of sulfone groups is 1. The number of fused-ring (bicyclic) bond motifs is 1. The fourth-order valence-corrected chi connectivity index (χ4v) is 4.95. The van der Waals surface area contributed by atoms with Crippen LogP contribution in [0, 0.1) is 0 Å². The number of rotatable bonds is 4. The number of furan rings is 1. The molecule has 130 valence electrons. The first-order valence-corrected chi connectivity index (χ1v) is 9.85. The number of hydrogen-bond acceptors (Lipinski definition) is 4. The maximum atomic E-state index is 12.7. The van der Waals surface area contributed by atoms with Crippen LogP contribution in [0.2, 0.25) is 0 Å². The number of H-pyrrole nitrogens is 1. The molecule has 0 spiro atoms. The fraction of sp³-hybridized carbons (Fsp3) is 0.278. The van der Waals surface area contributed by atoms with E-state index in [0.29, 0.717) is 24.3 Å². The number of carbonyl (C=O) groups is 1. The second kappa shape index (κ2) is 6.07. The molecule has 7 heteroatoms. The van der Waals surface area contributed by atoms with Gasteiger partial charge in [0.2, 0.25) is 0 Å². The van der Waals surface area contributed by atoms with Crippen molar-refractivity contribution < 1.29 is 17.6 Å². The summed E-state index contributed by atoms with van der Waals surface area (Å²) in [5.74, 6) is 0.184. The molecule has 3 heterocycles. The van der Waals surface area contributed by atoms with Crippen molar-refractivity contribution in [3.63, 3.8) is 0 Å². The van der Waals surface area contributed by atoms with E-state index in [2.05, 4.69) is 4.98 Å². The smallest absolute Gasteiger partial charge is 0.253 e. The van der Waals surface area contributed by atoms with Crippen molar-refractivity contribution in [3.05, 3.63) is 60.2 Å². The van der Waals surface area contributed by atoms with Gasteiger partial charge in [0.15, 0.2) is 9.84 Å². The van der Waals surface area contributed by atoms with Gasteiger partial charge in [-0.05, 0) is 42.8 Å². The second-order valence-corrected chi connectivity index (χ2v) is 8.61. The highest BCUT2D eigenvalue weighted by Gasteiger charge is 2.35. The average molecular weight is 358 g/mol. The first-order valence-electron chi connectivity index (χ1n) is 8.13. The van der Waals surface area contributed by atoms with Crippen LogP contribution in [-0.2, 0) is 15.6 Å². The van der Waals surface area contributed by atoms with Gasteiger partial charge in [-0.3, -0.25) is 4.79 Å². The monoisotopic (exact) mass is 358 g/mol. The molecule has 6 nitrogen and oxygen atoms in total. The van der Waals surface area contributed by atoms with Crippen molar-refractivity contribution in [1.29, 1.82) is 0 Å². The molecule has 1 aliphatic rings. The van der Waals surface area contributed by atoms with Crippen molar-refractivity contribution in [2.24, 2.45) is 0 Å². The summed E-state index contributed by atoms with van der Waals surface area (Å²) in [5.41, 5.74) is 1.55. The zero-order chi connectivity index (χ0) is 17.4. The highest BCUT2D eigenvalue weighted by Crippen LogP contribution is 2.23. The van der Waals surface area contributed by atoms with Crippen LogP contribution in [-0.4, -0.2) is 42.5 Å². The molecule has 1 aliphatic heterocycles. The van der Waals surface area contributed by atoms with Crippen molar-refractivity contribution in [2.75, 3.05) is 13.1 Å². The first kappa shape index (κ1) is 16.0. The van der Waals surface area contributed by atoms with Crippen LogP contribution in [0.5, 0.6) is 0 Å². The maximum absolute atomic E-state index is 12.7. The van der Waals surface area contributed by atoms with Gasteiger partial charge in [0.25, 0.3) is 5.91 Å². The van der Waals surface area contributed by atoms with E-state index in [-0.39, 0.29) is 18.2 Å². The Morgan fingerprint density at radius 3 is 2.96 bits per heavy atom. The Kier molecular flexibility index (Phi) is 3.88. The number of amides is 1. The van der Waals surface area contributed by atoms with E-state index in [1.807, 2.05) is 24.4 Å². The maximum Gasteiger partial charge on any atom is 0.253 e. The molecule has 0 aliphatic carbocycles. The molecule has 2 aromatic heterocycles. The lowest BCUT2D eigenvalue weighted by Gasteiger charge is -2.17. The van der Waals surface area contributed by atoms with Crippen LogP contribution >= 0.6 is 0 Å². The Balaban J connectivity index is 1.48. The summed E-state index contributed by atoms with van der Waals surface area (Å²) in [6, 6.07) is 10.7. The van der Waals surface area contributed by atoms with Gasteiger partial charge in [-0.1, -0.05) is 0 Å². The molecule has 0 unspecified atom stereocenters. The molecule has 1 amide bonds. The average Bonchev–Trinajstić information content (AvgIpc) is 3.33. The van der Waals surface area contributed by atoms with Gasteiger partial charge in [0, 0.05) is 35.8 Å². The van der Waals surface area contributed by atoms with Crippen LogP contribution in [0.1, 0.15) is 22.5 Å². The van der Waals surface area contributed by atoms with Crippen LogP contribution in [0.15, 0.2) is 53.3 Å². The largest absolute Gasteiger partial charge is 0.468 e. The number of benzene rings is 1. The Morgan fingerprint density at radius 1 is 1.28 bits per heavy atom. The Labute approximate surface area is 145 Å². The number of carbonyl (C=O) groups excluding carboxylic acids is 1. The number of hydrogen-bond donors (Lipinski definition) is 1. The van der Waals surface area contributed by atoms with E-state index in [0.717, 1.165) is 10.9 Å². The molecule has 4 rings (SSSR count). The Hall–Kier alpha value is -2.54. The molecule has 1 saturated heterocycles. The summed E-state index contributed by atoms with van der Waals surface area (Å²) in [6.07, 6.45) is 3.75. The molecular formula is C18H18N2O4S. The molecule has 0 bridgehead atoms. The standard InChI is InChI=1S/C18H18N2O4S/c21-18(14-3-4-17-13(10-14)5-7-19-17)20-8-6-16(11-20)25(22,23)12-15-2-1-9-24-15/h1-5,7,9-10,16,19H,6,8,11-12H2/t16-/m0/s1. The van der Waals surface area contributed by atoms with E-state index in [1.165, 1.54) is 6.26 Å². The van der Waals surface area contributed by atoms with Crippen LogP contribution < -0.4 is 0 Å². The first-order chi connectivity index (χ1) is 12.0. The summed E-state index contributed by atoms with van der Waals surface area (Å²) in [7, 11) is -3.35. The third-order valence-corrected chi connectivity index (χ3v) is 6.75. The topological polar surface area (TPSA) is 83.4 Å². The third-order valence-electron chi connectivity index (χ3n) is 4.66. The number of aromatic nitrogens is 1. The van der Waals surface area contributed by atoms with Gasteiger partial charge in [-0.15, -0.1) is 0 Å². The highest BCUT2D eigenvalue weighted by molar-refractivity contribution is 7.91. The van der Waals surface area contributed by atoms with E-state index in [9.17, 15) is 13.2 Å².